The van der Waals surface area contributed by atoms with E-state index in [1.54, 1.807) is 0 Å². The third-order valence-corrected chi connectivity index (χ3v) is 5.97. The normalized spacial score (nSPS) is 28.0. The summed E-state index contributed by atoms with van der Waals surface area (Å²) in [4.78, 5) is 12.2. The molecule has 0 saturated heterocycles. The van der Waals surface area contributed by atoms with Crippen molar-refractivity contribution in [3.8, 4) is 5.75 Å². The Morgan fingerprint density at radius 3 is 2.92 bits per heavy atom. The van der Waals surface area contributed by atoms with Crippen molar-refractivity contribution < 1.29 is 9.15 Å². The predicted molar refractivity (Wildman–Crippen MR) is 94.5 cm³/mol. The number of fused-ring (bicyclic) bond motifs is 4. The van der Waals surface area contributed by atoms with Crippen molar-refractivity contribution >= 4 is 17.0 Å². The van der Waals surface area contributed by atoms with Gasteiger partial charge in [-0.05, 0) is 62.1 Å². The zero-order chi connectivity index (χ0) is 16.3. The summed E-state index contributed by atoms with van der Waals surface area (Å²) in [5.41, 5.74) is 3.50. The van der Waals surface area contributed by atoms with Crippen molar-refractivity contribution in [1.82, 2.24) is 0 Å². The molecule has 3 nitrogen and oxygen atoms in total. The lowest BCUT2D eigenvalue weighted by atomic mass is 9.77. The van der Waals surface area contributed by atoms with E-state index in [2.05, 4.69) is 25.1 Å². The Kier molecular flexibility index (Phi) is 2.97. The van der Waals surface area contributed by atoms with E-state index in [4.69, 9.17) is 9.15 Å². The quantitative estimate of drug-likeness (QED) is 0.664. The fraction of sp³-hybridized carbons (Fsp3) is 0.476. The van der Waals surface area contributed by atoms with Crippen molar-refractivity contribution in [1.29, 1.82) is 0 Å². The van der Waals surface area contributed by atoms with Crippen LogP contribution in [0.4, 0.5) is 0 Å². The monoisotopic (exact) mass is 322 g/mol. The van der Waals surface area contributed by atoms with E-state index < -0.39 is 0 Å². The Labute approximate surface area is 141 Å². The zero-order valence-corrected chi connectivity index (χ0v) is 14.1. The van der Waals surface area contributed by atoms with Gasteiger partial charge in [0.2, 0.25) is 0 Å². The summed E-state index contributed by atoms with van der Waals surface area (Å²) >= 11 is 0. The molecule has 3 aliphatic rings. The van der Waals surface area contributed by atoms with Gasteiger partial charge in [0, 0.05) is 22.6 Å². The van der Waals surface area contributed by atoms with Crippen LogP contribution in [0.25, 0.3) is 17.0 Å². The van der Waals surface area contributed by atoms with E-state index in [1.807, 2.05) is 6.07 Å². The van der Waals surface area contributed by atoms with Gasteiger partial charge >= 0.3 is 5.63 Å². The van der Waals surface area contributed by atoms with Crippen molar-refractivity contribution in [2.45, 2.75) is 57.5 Å². The first-order valence-electron chi connectivity index (χ1n) is 9.14. The van der Waals surface area contributed by atoms with Gasteiger partial charge in [0.1, 0.15) is 16.9 Å². The molecule has 0 radical (unpaired) electrons. The second-order valence-corrected chi connectivity index (χ2v) is 7.79. The third kappa shape index (κ3) is 2.07. The van der Waals surface area contributed by atoms with E-state index in [-0.39, 0.29) is 11.2 Å². The smallest absolute Gasteiger partial charge is 0.339 e. The maximum absolute atomic E-state index is 12.2. The first-order valence-corrected chi connectivity index (χ1v) is 9.14. The molecule has 1 fully saturated rings. The Balaban J connectivity index is 1.65. The molecule has 5 rings (SSSR count). The minimum Gasteiger partial charge on any atom is -0.482 e. The molecule has 0 bridgehead atoms. The molecule has 24 heavy (non-hydrogen) atoms. The minimum atomic E-state index is -0.171. The van der Waals surface area contributed by atoms with Gasteiger partial charge in [0.05, 0.1) is 0 Å². The second kappa shape index (κ2) is 4.98. The molecule has 0 unspecified atom stereocenters. The Bertz CT molecular complexity index is 921. The van der Waals surface area contributed by atoms with Crippen LogP contribution in [0.3, 0.4) is 0 Å². The molecule has 0 N–H and O–H groups in total. The highest BCUT2D eigenvalue weighted by Crippen LogP contribution is 2.43. The first-order chi connectivity index (χ1) is 11.6. The van der Waals surface area contributed by atoms with Crippen LogP contribution in [0.2, 0.25) is 0 Å². The van der Waals surface area contributed by atoms with Crippen LogP contribution in [0.5, 0.6) is 5.75 Å². The summed E-state index contributed by atoms with van der Waals surface area (Å²) in [6, 6.07) is 4.09. The molecule has 0 amide bonds. The predicted octanol–water partition coefficient (Wildman–Crippen LogP) is 4.64. The largest absolute Gasteiger partial charge is 0.482 e. The van der Waals surface area contributed by atoms with Crippen LogP contribution in [-0.4, -0.2) is 5.60 Å². The fourth-order valence-corrected chi connectivity index (χ4v) is 4.83. The number of hydrogen-bond acceptors (Lipinski definition) is 3. The van der Waals surface area contributed by atoms with E-state index in [1.165, 1.54) is 18.4 Å². The molecule has 2 aliphatic carbocycles. The van der Waals surface area contributed by atoms with Crippen LogP contribution in [0.15, 0.2) is 27.4 Å². The maximum atomic E-state index is 12.2. The van der Waals surface area contributed by atoms with Gasteiger partial charge < -0.3 is 9.15 Å². The lowest BCUT2D eigenvalue weighted by molar-refractivity contribution is 0.0544. The Morgan fingerprint density at radius 2 is 2.04 bits per heavy atom. The molecular formula is C21H22O3. The van der Waals surface area contributed by atoms with Gasteiger partial charge in [0.25, 0.3) is 0 Å². The average molecular weight is 322 g/mol. The molecular weight excluding hydrogens is 300 g/mol. The van der Waals surface area contributed by atoms with Gasteiger partial charge in [-0.1, -0.05) is 19.4 Å². The Hall–Kier alpha value is -2.03. The number of aryl methyl sites for hydroxylation is 1. The van der Waals surface area contributed by atoms with Gasteiger partial charge in [0.15, 0.2) is 0 Å². The molecule has 124 valence electrons. The van der Waals surface area contributed by atoms with Crippen molar-refractivity contribution in [2.75, 3.05) is 0 Å². The van der Waals surface area contributed by atoms with Crippen LogP contribution in [0.1, 0.15) is 55.7 Å². The SMILES string of the molecule is C[C@@H]1CCC[C@@]2(C=Cc3cc4c5c(c(=O)oc4cc3O2)CCC5)C1. The molecule has 3 heteroatoms. The van der Waals surface area contributed by atoms with Crippen molar-refractivity contribution in [3.63, 3.8) is 0 Å². The highest BCUT2D eigenvalue weighted by Gasteiger charge is 2.37. The summed E-state index contributed by atoms with van der Waals surface area (Å²) in [6.45, 7) is 2.30. The molecule has 2 heterocycles. The van der Waals surface area contributed by atoms with Crippen LogP contribution in [0, 0.1) is 5.92 Å². The van der Waals surface area contributed by atoms with E-state index in [0.717, 1.165) is 54.4 Å². The molecule has 1 aliphatic heterocycles. The number of hydrogen-bond donors (Lipinski definition) is 0. The average Bonchev–Trinajstić information content (AvgIpc) is 3.04. The highest BCUT2D eigenvalue weighted by molar-refractivity contribution is 5.87. The summed E-state index contributed by atoms with van der Waals surface area (Å²) < 4.78 is 12.1. The first kappa shape index (κ1) is 14.3. The zero-order valence-electron chi connectivity index (χ0n) is 14.1. The molecule has 1 aromatic heterocycles. The maximum Gasteiger partial charge on any atom is 0.339 e. The number of rotatable bonds is 0. The summed E-state index contributed by atoms with van der Waals surface area (Å²) in [5.74, 6) is 1.55. The standard InChI is InChI=1S/C21H22O3/c1-13-4-3-8-21(12-13)9-7-14-10-17-15-5-2-6-16(15)20(22)23-19(17)11-18(14)24-21/h7,9-11,13H,2-6,8,12H2,1H3/t13-,21-/m1/s1. The topological polar surface area (TPSA) is 39.4 Å². The third-order valence-electron chi connectivity index (χ3n) is 5.97. The van der Waals surface area contributed by atoms with Crippen LogP contribution in [-0.2, 0) is 12.8 Å². The van der Waals surface area contributed by atoms with Gasteiger partial charge in [-0.2, -0.15) is 0 Å². The minimum absolute atomic E-state index is 0.165. The van der Waals surface area contributed by atoms with Crippen molar-refractivity contribution in [3.05, 3.63) is 45.3 Å². The van der Waals surface area contributed by atoms with Gasteiger partial charge in [-0.25, -0.2) is 4.79 Å². The molecule has 2 atom stereocenters. The molecule has 1 saturated carbocycles. The summed E-state index contributed by atoms with van der Waals surface area (Å²) in [5, 5.41) is 1.09. The van der Waals surface area contributed by atoms with Crippen LogP contribution >= 0.6 is 0 Å². The lowest BCUT2D eigenvalue weighted by Crippen LogP contribution is -2.40. The van der Waals surface area contributed by atoms with Gasteiger partial charge in [-0.15, -0.1) is 0 Å². The molecule has 1 spiro atoms. The van der Waals surface area contributed by atoms with Gasteiger partial charge in [-0.3, -0.25) is 0 Å². The fourth-order valence-electron chi connectivity index (χ4n) is 4.83. The van der Waals surface area contributed by atoms with Crippen LogP contribution < -0.4 is 10.4 Å². The highest BCUT2D eigenvalue weighted by atomic mass is 16.5. The molecule has 1 aromatic carbocycles. The number of benzene rings is 1. The van der Waals surface area contributed by atoms with E-state index in [9.17, 15) is 4.79 Å². The van der Waals surface area contributed by atoms with E-state index >= 15 is 0 Å². The molecule has 2 aromatic rings. The second-order valence-electron chi connectivity index (χ2n) is 7.79. The lowest BCUT2D eigenvalue weighted by Gasteiger charge is -2.40. The van der Waals surface area contributed by atoms with Crippen molar-refractivity contribution in [2.24, 2.45) is 5.92 Å². The summed E-state index contributed by atoms with van der Waals surface area (Å²) in [6.07, 6.45) is 12.0. The number of ether oxygens (including phenoxy) is 1. The van der Waals surface area contributed by atoms with E-state index in [0.29, 0.717) is 11.5 Å². The Morgan fingerprint density at radius 1 is 1.17 bits per heavy atom. The summed E-state index contributed by atoms with van der Waals surface area (Å²) in [7, 11) is 0.